The lowest BCUT2D eigenvalue weighted by molar-refractivity contribution is 0.0688. The normalized spacial score (nSPS) is 16.9. The number of hydrogen-bond acceptors (Lipinski definition) is 5. The Kier molecular flexibility index (Phi) is 5.11. The Morgan fingerprint density at radius 1 is 1.56 bits per heavy atom. The van der Waals surface area contributed by atoms with Crippen molar-refractivity contribution in [2.45, 2.75) is 12.8 Å². The predicted octanol–water partition coefficient (Wildman–Crippen LogP) is 0.771. The molecule has 0 aromatic carbocycles. The van der Waals surface area contributed by atoms with Crippen LogP contribution in [0.4, 0.5) is 0 Å². The van der Waals surface area contributed by atoms with Gasteiger partial charge in [-0.1, -0.05) is 0 Å². The average Bonchev–Trinajstić information content (AvgIpc) is 2.82. The highest BCUT2D eigenvalue weighted by atomic mass is 35.5. The van der Waals surface area contributed by atoms with Gasteiger partial charge in [0.25, 0.3) is 5.91 Å². The molecule has 0 aliphatic carbocycles. The highest BCUT2D eigenvalue weighted by Gasteiger charge is 2.23. The lowest BCUT2D eigenvalue weighted by Gasteiger charge is -2.30. The molecule has 1 fully saturated rings. The van der Waals surface area contributed by atoms with Crippen molar-refractivity contribution >= 4 is 30.0 Å². The lowest BCUT2D eigenvalue weighted by Crippen LogP contribution is -2.40. The fourth-order valence-electron chi connectivity index (χ4n) is 1.79. The zero-order chi connectivity index (χ0) is 10.7. The topological polar surface area (TPSA) is 72.1 Å². The monoisotopic (exact) mass is 262 g/mol. The third-order valence-electron chi connectivity index (χ3n) is 2.82. The predicted molar refractivity (Wildman–Crippen MR) is 64.8 cm³/mol. The molecule has 0 unspecified atom stereocenters. The summed E-state index contributed by atoms with van der Waals surface area (Å²) in [7, 11) is 0. The van der Waals surface area contributed by atoms with Crippen molar-refractivity contribution in [3.63, 3.8) is 0 Å². The largest absolute Gasteiger partial charge is 0.337 e. The molecule has 1 saturated heterocycles. The summed E-state index contributed by atoms with van der Waals surface area (Å²) in [6, 6.07) is 0. The fraction of sp³-hybridized carbons (Fsp3) is 0.667. The molecule has 2 heterocycles. The zero-order valence-electron chi connectivity index (χ0n) is 8.83. The van der Waals surface area contributed by atoms with E-state index < -0.39 is 0 Å². The Morgan fingerprint density at radius 2 is 2.25 bits per heavy atom. The van der Waals surface area contributed by atoms with Crippen molar-refractivity contribution in [1.82, 2.24) is 13.6 Å². The smallest absolute Gasteiger partial charge is 0.275 e. The van der Waals surface area contributed by atoms with E-state index in [1.807, 2.05) is 4.90 Å². The molecule has 1 amide bonds. The number of nitrogens with zero attached hydrogens (tertiary/aromatic N) is 3. The zero-order valence-corrected chi connectivity index (χ0v) is 10.5. The quantitative estimate of drug-likeness (QED) is 0.855. The van der Waals surface area contributed by atoms with E-state index >= 15 is 0 Å². The highest BCUT2D eigenvalue weighted by Crippen LogP contribution is 2.17. The first-order valence-electron chi connectivity index (χ1n) is 5.08. The van der Waals surface area contributed by atoms with Crippen LogP contribution in [0.5, 0.6) is 0 Å². The van der Waals surface area contributed by atoms with Crippen molar-refractivity contribution in [2.75, 3.05) is 19.6 Å². The fourth-order valence-corrected chi connectivity index (χ4v) is 2.20. The second kappa shape index (κ2) is 6.12. The van der Waals surface area contributed by atoms with Gasteiger partial charge in [-0.25, -0.2) is 0 Å². The summed E-state index contributed by atoms with van der Waals surface area (Å²) in [5.41, 5.74) is 6.06. The van der Waals surface area contributed by atoms with Crippen LogP contribution < -0.4 is 5.73 Å². The van der Waals surface area contributed by atoms with Crippen LogP contribution in [0.15, 0.2) is 6.20 Å². The average molecular weight is 263 g/mol. The van der Waals surface area contributed by atoms with Gasteiger partial charge in [-0.05, 0) is 25.3 Å². The Hall–Kier alpha value is -0.720. The van der Waals surface area contributed by atoms with Gasteiger partial charge in [0.1, 0.15) is 0 Å². The number of likely N-dealkylation sites (tertiary alicyclic amines) is 1. The number of hydrogen-bond donors (Lipinski definition) is 1. The number of carbonyl (C=O) groups excluding carboxylic acids is 1. The summed E-state index contributed by atoms with van der Waals surface area (Å²) < 4.78 is 7.78. The summed E-state index contributed by atoms with van der Waals surface area (Å²) in [6.07, 6.45) is 3.53. The van der Waals surface area contributed by atoms with E-state index in [2.05, 4.69) is 8.75 Å². The number of rotatable bonds is 2. The SMILES string of the molecule is Cl.NCC1CCN(C(=O)c2cnsn2)CC1. The molecule has 2 rings (SSSR count). The number of piperidine rings is 1. The van der Waals surface area contributed by atoms with Crippen molar-refractivity contribution in [2.24, 2.45) is 11.7 Å². The second-order valence-corrected chi connectivity index (χ2v) is 4.32. The first-order chi connectivity index (χ1) is 7.31. The third-order valence-corrected chi connectivity index (χ3v) is 3.29. The Balaban J connectivity index is 0.00000128. The Morgan fingerprint density at radius 3 is 2.75 bits per heavy atom. The van der Waals surface area contributed by atoms with Crippen molar-refractivity contribution < 1.29 is 4.79 Å². The highest BCUT2D eigenvalue weighted by molar-refractivity contribution is 6.99. The molecule has 5 nitrogen and oxygen atoms in total. The van der Waals surface area contributed by atoms with Gasteiger partial charge in [0.2, 0.25) is 0 Å². The van der Waals surface area contributed by atoms with Crippen LogP contribution in [0.25, 0.3) is 0 Å². The van der Waals surface area contributed by atoms with E-state index in [0.717, 1.165) is 44.2 Å². The molecule has 0 atom stereocenters. The minimum atomic E-state index is -0.000721. The second-order valence-electron chi connectivity index (χ2n) is 3.76. The molecule has 0 radical (unpaired) electrons. The summed E-state index contributed by atoms with van der Waals surface area (Å²) in [4.78, 5) is 13.7. The van der Waals surface area contributed by atoms with Crippen LogP contribution in [0.2, 0.25) is 0 Å². The molecule has 0 saturated carbocycles. The lowest BCUT2D eigenvalue weighted by atomic mass is 9.97. The Bertz CT molecular complexity index is 324. The van der Waals surface area contributed by atoms with Crippen LogP contribution in [0.3, 0.4) is 0 Å². The van der Waals surface area contributed by atoms with E-state index in [9.17, 15) is 4.79 Å². The standard InChI is InChI=1S/C9H14N4OS.ClH/c10-5-7-1-3-13(4-2-7)9(14)8-6-11-15-12-8;/h6-7H,1-5,10H2;1H. The molecule has 1 aliphatic rings. The van der Waals surface area contributed by atoms with Crippen molar-refractivity contribution in [3.05, 3.63) is 11.9 Å². The van der Waals surface area contributed by atoms with Crippen LogP contribution >= 0.6 is 24.1 Å². The van der Waals surface area contributed by atoms with Gasteiger partial charge in [0.05, 0.1) is 17.9 Å². The number of aromatic nitrogens is 2. The molecule has 7 heteroatoms. The number of amides is 1. The van der Waals surface area contributed by atoms with Gasteiger partial charge in [0.15, 0.2) is 5.69 Å². The Labute approximate surface area is 105 Å². The van der Waals surface area contributed by atoms with E-state index in [1.165, 1.54) is 6.20 Å². The molecule has 1 aromatic rings. The third kappa shape index (κ3) is 2.90. The number of carbonyl (C=O) groups is 1. The van der Waals surface area contributed by atoms with Gasteiger partial charge < -0.3 is 10.6 Å². The molecule has 1 aromatic heterocycles. The minimum absolute atomic E-state index is 0. The van der Waals surface area contributed by atoms with Crippen molar-refractivity contribution in [3.8, 4) is 0 Å². The van der Waals surface area contributed by atoms with E-state index in [4.69, 9.17) is 5.73 Å². The maximum atomic E-state index is 11.9. The molecule has 16 heavy (non-hydrogen) atoms. The van der Waals surface area contributed by atoms with Gasteiger partial charge >= 0.3 is 0 Å². The molecule has 0 bridgehead atoms. The molecular formula is C9H15ClN4OS. The first-order valence-corrected chi connectivity index (χ1v) is 5.81. The molecular weight excluding hydrogens is 248 g/mol. The van der Waals surface area contributed by atoms with Gasteiger partial charge in [0, 0.05) is 13.1 Å². The first kappa shape index (κ1) is 13.3. The van der Waals surface area contributed by atoms with Crippen LogP contribution in [-0.4, -0.2) is 39.2 Å². The molecule has 2 N–H and O–H groups in total. The van der Waals surface area contributed by atoms with Gasteiger partial charge in [-0.15, -0.1) is 12.4 Å². The van der Waals surface area contributed by atoms with E-state index in [-0.39, 0.29) is 18.3 Å². The molecule has 0 spiro atoms. The maximum Gasteiger partial charge on any atom is 0.275 e. The minimum Gasteiger partial charge on any atom is -0.337 e. The summed E-state index contributed by atoms with van der Waals surface area (Å²) in [5, 5.41) is 0. The van der Waals surface area contributed by atoms with Gasteiger partial charge in [-0.2, -0.15) is 8.75 Å². The summed E-state index contributed by atoms with van der Waals surface area (Å²) in [6.45, 7) is 2.30. The molecule has 1 aliphatic heterocycles. The van der Waals surface area contributed by atoms with E-state index in [1.54, 1.807) is 0 Å². The molecule has 90 valence electrons. The van der Waals surface area contributed by atoms with Crippen molar-refractivity contribution in [1.29, 1.82) is 0 Å². The van der Waals surface area contributed by atoms with Gasteiger partial charge in [-0.3, -0.25) is 4.79 Å². The van der Waals surface area contributed by atoms with E-state index in [0.29, 0.717) is 11.6 Å². The van der Waals surface area contributed by atoms with Crippen LogP contribution in [0.1, 0.15) is 23.3 Å². The summed E-state index contributed by atoms with van der Waals surface area (Å²) >= 11 is 1.07. The maximum absolute atomic E-state index is 11.9. The van der Waals surface area contributed by atoms with Crippen LogP contribution in [0, 0.1) is 5.92 Å². The number of halogens is 1. The summed E-state index contributed by atoms with van der Waals surface area (Å²) in [5.74, 6) is 0.571. The van der Waals surface area contributed by atoms with Crippen LogP contribution in [-0.2, 0) is 0 Å². The number of nitrogens with two attached hydrogens (primary N) is 1.